The van der Waals surface area contributed by atoms with E-state index in [1.54, 1.807) is 61.5 Å². The van der Waals surface area contributed by atoms with Crippen molar-refractivity contribution in [1.82, 2.24) is 4.57 Å². The van der Waals surface area contributed by atoms with Crippen molar-refractivity contribution in [1.29, 1.82) is 0 Å². The first-order valence-electron chi connectivity index (χ1n) is 10.5. The number of ether oxygens (including phenoxy) is 2. The van der Waals surface area contributed by atoms with Crippen LogP contribution in [0.15, 0.2) is 58.9 Å². The van der Waals surface area contributed by atoms with E-state index in [1.807, 2.05) is 0 Å². The SMILES string of the molecule is CCOC(=O)C1=C(N)n2c(s/c(=C/c3ccccc3Cl)c2=O)=C(C(=O)OC)[C@H]1c1ccccc1Cl. The minimum absolute atomic E-state index is 0.0544. The summed E-state index contributed by atoms with van der Waals surface area (Å²) in [6.45, 7) is 1.71. The smallest absolute Gasteiger partial charge is 0.338 e. The lowest BCUT2D eigenvalue weighted by Crippen LogP contribution is -2.41. The van der Waals surface area contributed by atoms with Crippen LogP contribution in [0.1, 0.15) is 24.0 Å². The molecule has 1 aliphatic rings. The summed E-state index contributed by atoms with van der Waals surface area (Å²) in [6.07, 6.45) is 1.61. The molecule has 0 aliphatic carbocycles. The molecule has 2 aromatic carbocycles. The van der Waals surface area contributed by atoms with Crippen LogP contribution in [0.2, 0.25) is 10.0 Å². The summed E-state index contributed by atoms with van der Waals surface area (Å²) in [4.78, 5) is 39.7. The quantitative estimate of drug-likeness (QED) is 0.509. The standard InChI is InChI=1S/C25H20Cl2N2O5S/c1-3-34-25(32)19-18(14-9-5-7-11-16(14)27)20(24(31)33-2)23-29(21(19)28)22(30)17(35-23)12-13-8-4-6-10-15(13)26/h4-12,18H,3,28H2,1-2H3/b17-12+/t18-/m0/s1. The molecule has 4 rings (SSSR count). The van der Waals surface area contributed by atoms with Gasteiger partial charge in [-0.1, -0.05) is 59.6 Å². The van der Waals surface area contributed by atoms with Crippen molar-refractivity contribution in [2.24, 2.45) is 5.73 Å². The second-order valence-electron chi connectivity index (χ2n) is 7.46. The summed E-state index contributed by atoms with van der Waals surface area (Å²) in [5, 5.41) is 0.758. The van der Waals surface area contributed by atoms with E-state index in [9.17, 15) is 14.4 Å². The Hall–Kier alpha value is -3.33. The second kappa shape index (κ2) is 10.1. The van der Waals surface area contributed by atoms with Crippen molar-refractivity contribution in [2.75, 3.05) is 13.7 Å². The molecular weight excluding hydrogens is 511 g/mol. The van der Waals surface area contributed by atoms with Crippen LogP contribution in [-0.2, 0) is 19.1 Å². The Morgan fingerprint density at radius 3 is 2.34 bits per heavy atom. The van der Waals surface area contributed by atoms with Gasteiger partial charge in [0.15, 0.2) is 0 Å². The highest BCUT2D eigenvalue weighted by Crippen LogP contribution is 2.40. The van der Waals surface area contributed by atoms with Crippen LogP contribution in [0.5, 0.6) is 0 Å². The van der Waals surface area contributed by atoms with Gasteiger partial charge in [0, 0.05) is 10.0 Å². The third-order valence-corrected chi connectivity index (χ3v) is 7.25. The van der Waals surface area contributed by atoms with E-state index in [-0.39, 0.29) is 32.8 Å². The average molecular weight is 531 g/mol. The zero-order valence-electron chi connectivity index (χ0n) is 18.7. The number of carbonyl (C=O) groups is 2. The first-order valence-corrected chi connectivity index (χ1v) is 12.1. The molecule has 2 N–H and O–H groups in total. The highest BCUT2D eigenvalue weighted by atomic mass is 35.5. The molecule has 0 amide bonds. The summed E-state index contributed by atoms with van der Waals surface area (Å²) in [5.41, 5.74) is 6.97. The van der Waals surface area contributed by atoms with Crippen molar-refractivity contribution < 1.29 is 19.1 Å². The van der Waals surface area contributed by atoms with Gasteiger partial charge in [0.1, 0.15) is 10.5 Å². The van der Waals surface area contributed by atoms with Gasteiger partial charge in [-0.25, -0.2) is 9.59 Å². The summed E-state index contributed by atoms with van der Waals surface area (Å²) < 4.78 is 12.0. The molecular formula is C25H20Cl2N2O5S. The van der Waals surface area contributed by atoms with E-state index >= 15 is 0 Å². The summed E-state index contributed by atoms with van der Waals surface area (Å²) >= 11 is 13.8. The van der Waals surface area contributed by atoms with Crippen molar-refractivity contribution in [2.45, 2.75) is 12.8 Å². The topological polar surface area (TPSA) is 101 Å². The molecule has 0 fully saturated rings. The van der Waals surface area contributed by atoms with Gasteiger partial charge in [-0.15, -0.1) is 11.3 Å². The Morgan fingerprint density at radius 1 is 1.06 bits per heavy atom. The summed E-state index contributed by atoms with van der Waals surface area (Å²) in [7, 11) is 1.22. The second-order valence-corrected chi connectivity index (χ2v) is 9.30. The summed E-state index contributed by atoms with van der Waals surface area (Å²) in [5.74, 6) is -2.65. The molecule has 0 unspecified atom stereocenters. The van der Waals surface area contributed by atoms with E-state index in [2.05, 4.69) is 0 Å². The van der Waals surface area contributed by atoms with Crippen molar-refractivity contribution in [3.63, 3.8) is 0 Å². The molecule has 0 spiro atoms. The minimum Gasteiger partial charge on any atom is -0.466 e. The number of methoxy groups -OCH3 is 1. The number of nitrogens with zero attached hydrogens (tertiary/aromatic N) is 1. The fourth-order valence-electron chi connectivity index (χ4n) is 3.92. The number of halogens is 2. The number of esters is 2. The highest BCUT2D eigenvalue weighted by Gasteiger charge is 2.40. The number of hydrogen-bond acceptors (Lipinski definition) is 7. The maximum absolute atomic E-state index is 13.5. The van der Waals surface area contributed by atoms with E-state index in [0.29, 0.717) is 21.2 Å². The lowest BCUT2D eigenvalue weighted by atomic mass is 9.83. The lowest BCUT2D eigenvalue weighted by molar-refractivity contribution is -0.138. The van der Waals surface area contributed by atoms with Gasteiger partial charge in [0.25, 0.3) is 5.56 Å². The Balaban J connectivity index is 2.16. The van der Waals surface area contributed by atoms with E-state index < -0.39 is 23.4 Å². The van der Waals surface area contributed by atoms with Crippen molar-refractivity contribution >= 4 is 63.9 Å². The van der Waals surface area contributed by atoms with E-state index in [0.717, 1.165) is 15.9 Å². The van der Waals surface area contributed by atoms with Crippen LogP contribution in [0.25, 0.3) is 17.5 Å². The molecule has 3 aromatic rings. The Kier molecular flexibility index (Phi) is 7.16. The normalized spacial score (nSPS) is 15.7. The number of carbonyl (C=O) groups excluding carboxylic acids is 2. The van der Waals surface area contributed by atoms with E-state index in [1.165, 1.54) is 7.11 Å². The zero-order chi connectivity index (χ0) is 25.3. The molecule has 0 bridgehead atoms. The molecule has 1 atom stereocenters. The van der Waals surface area contributed by atoms with Gasteiger partial charge in [0.2, 0.25) is 0 Å². The zero-order valence-corrected chi connectivity index (χ0v) is 21.0. The maximum atomic E-state index is 13.5. The van der Waals surface area contributed by atoms with Gasteiger partial charge in [0.05, 0.1) is 35.3 Å². The predicted octanol–water partition coefficient (Wildman–Crippen LogP) is 2.86. The van der Waals surface area contributed by atoms with Crippen LogP contribution < -0.4 is 20.5 Å². The Bertz CT molecular complexity index is 1550. The number of hydrogen-bond donors (Lipinski definition) is 1. The molecule has 2 heterocycles. The highest BCUT2D eigenvalue weighted by molar-refractivity contribution is 7.07. The maximum Gasteiger partial charge on any atom is 0.338 e. The van der Waals surface area contributed by atoms with Gasteiger partial charge >= 0.3 is 11.9 Å². The molecule has 35 heavy (non-hydrogen) atoms. The lowest BCUT2D eigenvalue weighted by Gasteiger charge is -2.27. The fraction of sp³-hybridized carbons (Fsp3) is 0.160. The van der Waals surface area contributed by atoms with Crippen LogP contribution in [0.3, 0.4) is 0 Å². The monoisotopic (exact) mass is 530 g/mol. The van der Waals surface area contributed by atoms with Crippen LogP contribution >= 0.6 is 34.5 Å². The number of rotatable bonds is 5. The molecule has 0 saturated carbocycles. The Morgan fingerprint density at radius 2 is 1.71 bits per heavy atom. The van der Waals surface area contributed by atoms with Crippen molar-refractivity contribution in [3.8, 4) is 0 Å². The third-order valence-electron chi connectivity index (χ3n) is 5.46. The largest absolute Gasteiger partial charge is 0.466 e. The minimum atomic E-state index is -1.01. The van der Waals surface area contributed by atoms with Gasteiger partial charge in [-0.2, -0.15) is 0 Å². The molecule has 180 valence electrons. The molecule has 0 saturated heterocycles. The average Bonchev–Trinajstić information content (AvgIpc) is 3.16. The number of nitrogens with two attached hydrogens (primary N) is 1. The summed E-state index contributed by atoms with van der Waals surface area (Å²) in [6, 6.07) is 13.8. The van der Waals surface area contributed by atoms with Crippen LogP contribution in [0, 0.1) is 0 Å². The molecule has 10 heteroatoms. The van der Waals surface area contributed by atoms with Gasteiger partial charge in [-0.3, -0.25) is 9.36 Å². The van der Waals surface area contributed by atoms with Gasteiger partial charge < -0.3 is 15.2 Å². The number of thiazole rings is 1. The first-order chi connectivity index (χ1) is 16.8. The molecule has 0 radical (unpaired) electrons. The molecule has 1 aliphatic heterocycles. The van der Waals surface area contributed by atoms with E-state index in [4.69, 9.17) is 38.4 Å². The third kappa shape index (κ3) is 4.40. The molecule has 1 aromatic heterocycles. The van der Waals surface area contributed by atoms with Crippen LogP contribution in [-0.4, -0.2) is 30.2 Å². The number of fused-ring (bicyclic) bond motifs is 1. The fourth-order valence-corrected chi connectivity index (χ4v) is 5.51. The number of aromatic nitrogens is 1. The molecule has 7 nitrogen and oxygen atoms in total. The number of benzene rings is 2. The van der Waals surface area contributed by atoms with Gasteiger partial charge in [-0.05, 0) is 36.3 Å². The predicted molar refractivity (Wildman–Crippen MR) is 137 cm³/mol. The Labute approximate surface area is 214 Å². The first kappa shape index (κ1) is 24.8. The van der Waals surface area contributed by atoms with Crippen LogP contribution in [0.4, 0.5) is 0 Å². The van der Waals surface area contributed by atoms with Crippen molar-refractivity contribution in [3.05, 3.63) is 94.8 Å².